The molecule has 8 heteroatoms. The summed E-state index contributed by atoms with van der Waals surface area (Å²) in [7, 11) is 0. The minimum Gasteiger partial charge on any atom is -0.331 e. The summed E-state index contributed by atoms with van der Waals surface area (Å²) in [5.41, 5.74) is 5.08. The smallest absolute Gasteiger partial charge is 0.257 e. The van der Waals surface area contributed by atoms with Crippen molar-refractivity contribution in [1.29, 1.82) is 0 Å². The molecular weight excluding hydrogens is 430 g/mol. The molecule has 0 unspecified atom stereocenters. The Bertz CT molecular complexity index is 1340. The first-order valence-corrected chi connectivity index (χ1v) is 11.5. The van der Waals surface area contributed by atoms with Crippen LogP contribution >= 0.6 is 23.4 Å². The van der Waals surface area contributed by atoms with E-state index in [-0.39, 0.29) is 11.9 Å². The van der Waals surface area contributed by atoms with Gasteiger partial charge in [-0.25, -0.2) is 4.98 Å². The van der Waals surface area contributed by atoms with E-state index < -0.39 is 0 Å². The number of fused-ring (bicyclic) bond motifs is 6. The Morgan fingerprint density at radius 2 is 1.97 bits per heavy atom. The van der Waals surface area contributed by atoms with Crippen LogP contribution in [0.15, 0.2) is 59.9 Å². The lowest BCUT2D eigenvalue weighted by molar-refractivity contribution is 0.0626. The van der Waals surface area contributed by atoms with Crippen molar-refractivity contribution >= 4 is 35.0 Å². The van der Waals surface area contributed by atoms with Crippen molar-refractivity contribution in [2.75, 3.05) is 6.54 Å². The SMILES string of the molecule is O=C1c2cnc3nc(SCc4ccccc4Cl)nn3c2C[C@@H]2c3ccccc3CCN12. The Kier molecular flexibility index (Phi) is 4.47. The van der Waals surface area contributed by atoms with Crippen LogP contribution in [0.4, 0.5) is 0 Å². The van der Waals surface area contributed by atoms with Gasteiger partial charge in [0.05, 0.1) is 17.3 Å². The molecule has 0 saturated carbocycles. The Hall–Kier alpha value is -2.90. The highest BCUT2D eigenvalue weighted by molar-refractivity contribution is 7.98. The van der Waals surface area contributed by atoms with Gasteiger partial charge in [-0.3, -0.25) is 4.79 Å². The van der Waals surface area contributed by atoms with Crippen LogP contribution in [0.2, 0.25) is 5.02 Å². The molecule has 2 aliphatic heterocycles. The standard InChI is InChI=1S/C23H18ClN5OS/c24-18-8-4-2-6-15(18)13-31-23-26-22-25-12-17-20(29(22)27-23)11-19-16-7-3-1-5-14(16)9-10-28(19)21(17)30/h1-8,12,19H,9-11,13H2/t19-/m1/s1. The van der Waals surface area contributed by atoms with E-state index in [1.54, 1.807) is 10.7 Å². The minimum absolute atomic E-state index is 0.0240. The quantitative estimate of drug-likeness (QED) is 0.436. The summed E-state index contributed by atoms with van der Waals surface area (Å²) in [5, 5.41) is 6.05. The van der Waals surface area contributed by atoms with Crippen molar-refractivity contribution in [3.05, 3.63) is 87.7 Å². The zero-order chi connectivity index (χ0) is 20.9. The molecule has 2 aliphatic rings. The zero-order valence-electron chi connectivity index (χ0n) is 16.5. The largest absolute Gasteiger partial charge is 0.331 e. The maximum Gasteiger partial charge on any atom is 0.257 e. The molecule has 1 atom stereocenters. The molecule has 6 rings (SSSR count). The summed E-state index contributed by atoms with van der Waals surface area (Å²) < 4.78 is 1.75. The molecule has 0 aliphatic carbocycles. The minimum atomic E-state index is 0.0240. The molecular formula is C23H18ClN5OS. The van der Waals surface area contributed by atoms with Gasteiger partial charge in [-0.05, 0) is 29.2 Å². The second kappa shape index (κ2) is 7.35. The van der Waals surface area contributed by atoms with E-state index in [2.05, 4.69) is 28.2 Å². The van der Waals surface area contributed by atoms with E-state index in [0.717, 1.165) is 29.2 Å². The average molecular weight is 448 g/mol. The first-order chi connectivity index (χ1) is 15.2. The van der Waals surface area contributed by atoms with Crippen LogP contribution < -0.4 is 0 Å². The third-order valence-corrected chi connectivity index (χ3v) is 7.31. The maximum atomic E-state index is 13.3. The van der Waals surface area contributed by atoms with Gasteiger partial charge in [0.25, 0.3) is 11.7 Å². The van der Waals surface area contributed by atoms with Gasteiger partial charge in [0, 0.05) is 29.9 Å². The normalized spacial score (nSPS) is 17.4. The molecule has 0 fully saturated rings. The number of hydrogen-bond acceptors (Lipinski definition) is 5. The first-order valence-electron chi connectivity index (χ1n) is 10.2. The average Bonchev–Trinajstić information content (AvgIpc) is 3.22. The number of hydrogen-bond donors (Lipinski definition) is 0. The molecule has 1 amide bonds. The Morgan fingerprint density at radius 3 is 2.87 bits per heavy atom. The number of amides is 1. The van der Waals surface area contributed by atoms with Gasteiger partial charge in [-0.2, -0.15) is 9.50 Å². The van der Waals surface area contributed by atoms with E-state index >= 15 is 0 Å². The number of aromatic nitrogens is 4. The van der Waals surface area contributed by atoms with Gasteiger partial charge in [-0.1, -0.05) is 65.8 Å². The van der Waals surface area contributed by atoms with Crippen LogP contribution in [-0.4, -0.2) is 36.9 Å². The highest BCUT2D eigenvalue weighted by atomic mass is 35.5. The number of rotatable bonds is 3. The van der Waals surface area contributed by atoms with Gasteiger partial charge in [0.15, 0.2) is 0 Å². The lowest BCUT2D eigenvalue weighted by Crippen LogP contribution is -2.45. The van der Waals surface area contributed by atoms with Crippen molar-refractivity contribution in [2.45, 2.75) is 29.8 Å². The molecule has 0 spiro atoms. The summed E-state index contributed by atoms with van der Waals surface area (Å²) in [5.74, 6) is 1.21. The van der Waals surface area contributed by atoms with E-state index in [9.17, 15) is 4.79 Å². The summed E-state index contributed by atoms with van der Waals surface area (Å²) in [6.45, 7) is 0.730. The number of carbonyl (C=O) groups is 1. The predicted molar refractivity (Wildman–Crippen MR) is 119 cm³/mol. The van der Waals surface area contributed by atoms with Gasteiger partial charge < -0.3 is 4.90 Å². The van der Waals surface area contributed by atoms with Crippen LogP contribution in [0, 0.1) is 0 Å². The number of carbonyl (C=O) groups excluding carboxylic acids is 1. The summed E-state index contributed by atoms with van der Waals surface area (Å²) in [4.78, 5) is 24.2. The van der Waals surface area contributed by atoms with Crippen molar-refractivity contribution in [3.8, 4) is 0 Å². The maximum absolute atomic E-state index is 13.3. The van der Waals surface area contributed by atoms with Gasteiger partial charge in [0.1, 0.15) is 0 Å². The van der Waals surface area contributed by atoms with Crippen molar-refractivity contribution in [1.82, 2.24) is 24.5 Å². The molecule has 2 aromatic carbocycles. The molecule has 0 bridgehead atoms. The van der Waals surface area contributed by atoms with Crippen molar-refractivity contribution < 1.29 is 4.79 Å². The van der Waals surface area contributed by atoms with E-state index in [1.165, 1.54) is 22.9 Å². The molecule has 2 aromatic heterocycles. The molecule has 0 radical (unpaired) electrons. The number of nitrogens with zero attached hydrogens (tertiary/aromatic N) is 5. The summed E-state index contributed by atoms with van der Waals surface area (Å²) in [6, 6.07) is 16.2. The molecule has 31 heavy (non-hydrogen) atoms. The van der Waals surface area contributed by atoms with Crippen molar-refractivity contribution in [2.24, 2.45) is 0 Å². The number of thioether (sulfide) groups is 1. The molecule has 6 nitrogen and oxygen atoms in total. The fraction of sp³-hybridized carbons (Fsp3) is 0.217. The Labute approximate surface area is 188 Å². The molecule has 0 saturated heterocycles. The Balaban J connectivity index is 1.37. The van der Waals surface area contributed by atoms with Gasteiger partial charge in [-0.15, -0.1) is 5.10 Å². The highest BCUT2D eigenvalue weighted by Gasteiger charge is 2.38. The third-order valence-electron chi connectivity index (χ3n) is 6.05. The van der Waals surface area contributed by atoms with Gasteiger partial charge >= 0.3 is 0 Å². The zero-order valence-corrected chi connectivity index (χ0v) is 18.1. The van der Waals surface area contributed by atoms with Crippen LogP contribution in [-0.2, 0) is 18.6 Å². The predicted octanol–water partition coefficient (Wildman–Crippen LogP) is 4.37. The fourth-order valence-electron chi connectivity index (χ4n) is 4.51. The van der Waals surface area contributed by atoms with E-state index in [1.807, 2.05) is 35.2 Å². The molecule has 4 heterocycles. The molecule has 0 N–H and O–H groups in total. The highest BCUT2D eigenvalue weighted by Crippen LogP contribution is 2.38. The first kappa shape index (κ1) is 18.8. The van der Waals surface area contributed by atoms with Crippen molar-refractivity contribution in [3.63, 3.8) is 0 Å². The van der Waals surface area contributed by atoms with Gasteiger partial charge in [0.2, 0.25) is 5.16 Å². The van der Waals surface area contributed by atoms with Crippen LogP contribution in [0.3, 0.4) is 0 Å². The summed E-state index contributed by atoms with van der Waals surface area (Å²) in [6.07, 6.45) is 3.24. The second-order valence-corrected chi connectivity index (χ2v) is 9.12. The van der Waals surface area contributed by atoms with Crippen LogP contribution in [0.1, 0.15) is 38.8 Å². The van der Waals surface area contributed by atoms with E-state index in [0.29, 0.717) is 28.7 Å². The Morgan fingerprint density at radius 1 is 1.13 bits per heavy atom. The lowest BCUT2D eigenvalue weighted by atomic mass is 9.86. The molecule has 4 aromatic rings. The fourth-order valence-corrected chi connectivity index (χ4v) is 5.61. The number of benzene rings is 2. The van der Waals surface area contributed by atoms with Crippen LogP contribution in [0.25, 0.3) is 5.78 Å². The monoisotopic (exact) mass is 447 g/mol. The number of halogens is 1. The molecule has 154 valence electrons. The topological polar surface area (TPSA) is 63.4 Å². The summed E-state index contributed by atoms with van der Waals surface area (Å²) >= 11 is 7.79. The van der Waals surface area contributed by atoms with E-state index in [4.69, 9.17) is 16.7 Å². The second-order valence-electron chi connectivity index (χ2n) is 7.77. The third kappa shape index (κ3) is 3.11. The van der Waals surface area contributed by atoms with Crippen LogP contribution in [0.5, 0.6) is 0 Å². The lowest BCUT2D eigenvalue weighted by Gasteiger charge is -2.40.